The molecule has 0 fully saturated rings. The molecule has 26 heavy (non-hydrogen) atoms. The molecule has 2 heterocycles. The zero-order valence-corrected chi connectivity index (χ0v) is 15.0. The number of carbonyl (C=O) groups is 3. The third kappa shape index (κ3) is 3.83. The van der Waals surface area contributed by atoms with Crippen LogP contribution in [-0.4, -0.2) is 30.8 Å². The summed E-state index contributed by atoms with van der Waals surface area (Å²) in [5, 5.41) is 6.90. The molecule has 0 bridgehead atoms. The Kier molecular flexibility index (Phi) is 5.48. The number of rotatable bonds is 4. The Balaban J connectivity index is 1.76. The van der Waals surface area contributed by atoms with E-state index in [0.29, 0.717) is 17.1 Å². The Morgan fingerprint density at radius 3 is 2.81 bits per heavy atom. The predicted molar refractivity (Wildman–Crippen MR) is 103 cm³/mol. The summed E-state index contributed by atoms with van der Waals surface area (Å²) in [4.78, 5) is 38.7. The van der Waals surface area contributed by atoms with Crippen LogP contribution >= 0.6 is 11.3 Å². The maximum atomic E-state index is 12.7. The highest BCUT2D eigenvalue weighted by Crippen LogP contribution is 2.31. The molecule has 3 amide bonds. The molecule has 0 saturated carbocycles. The molecule has 7 heteroatoms. The highest BCUT2D eigenvalue weighted by Gasteiger charge is 2.24. The average molecular weight is 369 g/mol. The lowest BCUT2D eigenvalue weighted by atomic mass is 10.0. The molecule has 1 aliphatic rings. The highest BCUT2D eigenvalue weighted by molar-refractivity contribution is 7.12. The smallest absolute Gasteiger partial charge is 0.313 e. The summed E-state index contributed by atoms with van der Waals surface area (Å²) >= 11 is 1.42. The molecule has 3 rings (SSSR count). The first-order chi connectivity index (χ1) is 12.6. The largest absolute Gasteiger partial charge is 0.344 e. The van der Waals surface area contributed by atoms with E-state index in [9.17, 15) is 14.4 Å². The molecule has 1 aliphatic heterocycles. The Hall–Kier alpha value is -2.93. The van der Waals surface area contributed by atoms with Gasteiger partial charge >= 0.3 is 11.8 Å². The second kappa shape index (κ2) is 7.97. The molecule has 0 aliphatic carbocycles. The average Bonchev–Trinajstić information content (AvgIpc) is 3.19. The van der Waals surface area contributed by atoms with Crippen LogP contribution in [0.3, 0.4) is 0 Å². The van der Waals surface area contributed by atoms with E-state index >= 15 is 0 Å². The van der Waals surface area contributed by atoms with Gasteiger partial charge in [0, 0.05) is 24.5 Å². The number of anilines is 2. The maximum absolute atomic E-state index is 12.7. The first kappa shape index (κ1) is 17.9. The normalized spacial score (nSPS) is 12.8. The zero-order chi connectivity index (χ0) is 18.5. The first-order valence-corrected chi connectivity index (χ1v) is 9.16. The van der Waals surface area contributed by atoms with Crippen LogP contribution in [-0.2, 0) is 16.0 Å². The van der Waals surface area contributed by atoms with Crippen LogP contribution in [0.4, 0.5) is 11.4 Å². The topological polar surface area (TPSA) is 78.5 Å². The van der Waals surface area contributed by atoms with Crippen molar-refractivity contribution >= 4 is 40.4 Å². The maximum Gasteiger partial charge on any atom is 0.313 e. The van der Waals surface area contributed by atoms with Gasteiger partial charge in [0.2, 0.25) is 0 Å². The molecule has 0 atom stereocenters. The van der Waals surface area contributed by atoms with Gasteiger partial charge in [-0.1, -0.05) is 12.1 Å². The van der Waals surface area contributed by atoms with E-state index in [1.165, 1.54) is 17.4 Å². The Labute approximate surface area is 155 Å². The van der Waals surface area contributed by atoms with Gasteiger partial charge in [-0.15, -0.1) is 17.9 Å². The van der Waals surface area contributed by atoms with Gasteiger partial charge < -0.3 is 15.5 Å². The van der Waals surface area contributed by atoms with Crippen molar-refractivity contribution in [3.63, 3.8) is 0 Å². The summed E-state index contributed by atoms with van der Waals surface area (Å²) in [6.07, 6.45) is 3.17. The van der Waals surface area contributed by atoms with Gasteiger partial charge in [0.05, 0.1) is 4.88 Å². The second-order valence-corrected chi connectivity index (χ2v) is 6.78. The van der Waals surface area contributed by atoms with Gasteiger partial charge in [-0.25, -0.2) is 0 Å². The number of nitrogens with zero attached hydrogens (tertiary/aromatic N) is 1. The Bertz CT molecular complexity index is 846. The van der Waals surface area contributed by atoms with Crippen molar-refractivity contribution in [2.45, 2.75) is 12.8 Å². The van der Waals surface area contributed by atoms with Crippen molar-refractivity contribution in [1.82, 2.24) is 5.32 Å². The van der Waals surface area contributed by atoms with Crippen LogP contribution < -0.4 is 15.5 Å². The van der Waals surface area contributed by atoms with Gasteiger partial charge in [0.15, 0.2) is 0 Å². The third-order valence-electron chi connectivity index (χ3n) is 4.05. The zero-order valence-electron chi connectivity index (χ0n) is 14.2. The number of hydrogen-bond donors (Lipinski definition) is 2. The van der Waals surface area contributed by atoms with Crippen LogP contribution in [0.25, 0.3) is 0 Å². The molecule has 6 nitrogen and oxygen atoms in total. The van der Waals surface area contributed by atoms with E-state index < -0.39 is 11.8 Å². The molecule has 1 aromatic heterocycles. The molecular weight excluding hydrogens is 350 g/mol. The predicted octanol–water partition coefficient (Wildman–Crippen LogP) is 2.58. The molecule has 1 aromatic carbocycles. The number of thiophene rings is 1. The number of carbonyl (C=O) groups excluding carboxylic acids is 3. The lowest BCUT2D eigenvalue weighted by Crippen LogP contribution is -2.36. The van der Waals surface area contributed by atoms with E-state index in [4.69, 9.17) is 0 Å². The minimum Gasteiger partial charge on any atom is -0.344 e. The summed E-state index contributed by atoms with van der Waals surface area (Å²) in [6, 6.07) is 9.02. The van der Waals surface area contributed by atoms with Crippen LogP contribution in [0.15, 0.2) is 48.4 Å². The fraction of sp³-hybridized carbons (Fsp3) is 0.211. The number of nitrogens with one attached hydrogen (secondary N) is 2. The Morgan fingerprint density at radius 2 is 2.08 bits per heavy atom. The lowest BCUT2D eigenvalue weighted by molar-refractivity contribution is -0.136. The summed E-state index contributed by atoms with van der Waals surface area (Å²) in [5.41, 5.74) is 2.36. The van der Waals surface area contributed by atoms with E-state index in [0.717, 1.165) is 24.1 Å². The minimum absolute atomic E-state index is 0.0125. The molecule has 0 radical (unpaired) electrons. The fourth-order valence-electron chi connectivity index (χ4n) is 2.85. The van der Waals surface area contributed by atoms with Crippen LogP contribution in [0.5, 0.6) is 0 Å². The molecule has 2 N–H and O–H groups in total. The number of aryl methyl sites for hydroxylation is 1. The fourth-order valence-corrected chi connectivity index (χ4v) is 3.52. The van der Waals surface area contributed by atoms with Gasteiger partial charge in [0.25, 0.3) is 5.91 Å². The van der Waals surface area contributed by atoms with Gasteiger partial charge in [-0.3, -0.25) is 14.4 Å². The summed E-state index contributed by atoms with van der Waals surface area (Å²) < 4.78 is 0. The van der Waals surface area contributed by atoms with Crippen molar-refractivity contribution in [3.8, 4) is 0 Å². The number of amides is 3. The van der Waals surface area contributed by atoms with E-state index in [-0.39, 0.29) is 12.5 Å². The molecule has 2 aromatic rings. The number of fused-ring (bicyclic) bond motifs is 1. The van der Waals surface area contributed by atoms with Gasteiger partial charge in [0.1, 0.15) is 0 Å². The standard InChI is InChI=1S/C19H19N3O3S/c1-2-9-20-17(23)18(24)21-14-7-8-15-13(12-14)5-3-10-22(15)19(25)16-6-4-11-26-16/h2,4,6-8,11-12H,1,3,5,9-10H2,(H,20,23)(H,21,24). The van der Waals surface area contributed by atoms with Gasteiger partial charge in [-0.2, -0.15) is 0 Å². The Morgan fingerprint density at radius 1 is 1.23 bits per heavy atom. The SMILES string of the molecule is C=CCNC(=O)C(=O)Nc1ccc2c(c1)CCCN2C(=O)c1cccs1. The highest BCUT2D eigenvalue weighted by atomic mass is 32.1. The molecule has 134 valence electrons. The molecule has 0 unspecified atom stereocenters. The van der Waals surface area contributed by atoms with Crippen molar-refractivity contribution in [2.24, 2.45) is 0 Å². The first-order valence-electron chi connectivity index (χ1n) is 8.28. The van der Waals surface area contributed by atoms with Gasteiger partial charge in [-0.05, 0) is 48.1 Å². The summed E-state index contributed by atoms with van der Waals surface area (Å²) in [6.45, 7) is 4.38. The molecule has 0 spiro atoms. The van der Waals surface area contributed by atoms with Crippen molar-refractivity contribution in [3.05, 3.63) is 58.8 Å². The monoisotopic (exact) mass is 369 g/mol. The number of hydrogen-bond acceptors (Lipinski definition) is 4. The quantitative estimate of drug-likeness (QED) is 0.642. The van der Waals surface area contributed by atoms with Crippen LogP contribution in [0.2, 0.25) is 0 Å². The van der Waals surface area contributed by atoms with E-state index in [2.05, 4.69) is 17.2 Å². The third-order valence-corrected chi connectivity index (χ3v) is 4.90. The van der Waals surface area contributed by atoms with Crippen molar-refractivity contribution in [2.75, 3.05) is 23.3 Å². The molecular formula is C19H19N3O3S. The lowest BCUT2D eigenvalue weighted by Gasteiger charge is -2.29. The summed E-state index contributed by atoms with van der Waals surface area (Å²) in [7, 11) is 0. The van der Waals surface area contributed by atoms with Crippen LogP contribution in [0, 0.1) is 0 Å². The van der Waals surface area contributed by atoms with E-state index in [1.54, 1.807) is 11.0 Å². The van der Waals surface area contributed by atoms with Crippen molar-refractivity contribution in [1.29, 1.82) is 0 Å². The van der Waals surface area contributed by atoms with Crippen LogP contribution in [0.1, 0.15) is 21.7 Å². The minimum atomic E-state index is -0.728. The van der Waals surface area contributed by atoms with Crippen molar-refractivity contribution < 1.29 is 14.4 Å². The number of benzene rings is 1. The second-order valence-electron chi connectivity index (χ2n) is 5.83. The summed E-state index contributed by atoms with van der Waals surface area (Å²) in [5.74, 6) is -1.45. The van der Waals surface area contributed by atoms with E-state index in [1.807, 2.05) is 29.6 Å². The molecule has 0 saturated heterocycles.